The first-order valence-electron chi connectivity index (χ1n) is 3.75. The maximum atomic E-state index is 11.0. The minimum atomic E-state index is -1.06. The van der Waals surface area contributed by atoms with Crippen molar-refractivity contribution in [3.05, 3.63) is 0 Å². The molecule has 0 bridgehead atoms. The van der Waals surface area contributed by atoms with Gasteiger partial charge in [-0.05, 0) is 0 Å². The number of carbonyl (C=O) groups is 1. The zero-order valence-corrected chi connectivity index (χ0v) is 7.40. The molecule has 0 aliphatic carbocycles. The Hall–Kier alpha value is -0.650. The van der Waals surface area contributed by atoms with E-state index in [2.05, 4.69) is 0 Å². The minimum Gasteiger partial charge on any atom is -0.390 e. The van der Waals surface area contributed by atoms with E-state index in [1.807, 2.05) is 0 Å². The van der Waals surface area contributed by atoms with Gasteiger partial charge in [-0.15, -0.1) is 0 Å². The zero-order chi connectivity index (χ0) is 9.72. The van der Waals surface area contributed by atoms with Gasteiger partial charge in [0.05, 0.1) is 18.6 Å². The number of aliphatic hydroxyl groups is 2. The van der Waals surface area contributed by atoms with Crippen molar-refractivity contribution >= 4 is 5.91 Å². The van der Waals surface area contributed by atoms with Crippen LogP contribution in [0.15, 0.2) is 0 Å². The Balaban J connectivity index is 3.83. The average molecular weight is 176 g/mol. The number of nitrogens with zero attached hydrogens (tertiary/aromatic N) is 1. The molecule has 0 saturated carbocycles. The third kappa shape index (κ3) is 3.66. The molecule has 12 heavy (non-hydrogen) atoms. The van der Waals surface area contributed by atoms with E-state index < -0.39 is 12.2 Å². The van der Waals surface area contributed by atoms with E-state index in [0.717, 1.165) is 0 Å². The first kappa shape index (κ1) is 11.4. The second kappa shape index (κ2) is 5.08. The van der Waals surface area contributed by atoms with Crippen LogP contribution in [0.25, 0.3) is 0 Å². The van der Waals surface area contributed by atoms with E-state index >= 15 is 0 Å². The Kier molecular flexibility index (Phi) is 4.80. The topological polar surface area (TPSA) is 86.8 Å². The monoisotopic (exact) mass is 176 g/mol. The van der Waals surface area contributed by atoms with Crippen molar-refractivity contribution in [2.75, 3.05) is 20.6 Å². The lowest BCUT2D eigenvalue weighted by Gasteiger charge is -2.17. The predicted molar refractivity (Wildman–Crippen MR) is 44.4 cm³/mol. The number of rotatable bonds is 4. The van der Waals surface area contributed by atoms with E-state index in [1.165, 1.54) is 4.90 Å². The molecule has 0 aliphatic heterocycles. The number of hydrogen-bond donors (Lipinski definition) is 3. The number of carbonyl (C=O) groups excluding carboxylic acids is 1. The maximum absolute atomic E-state index is 11.0. The Morgan fingerprint density at radius 1 is 1.42 bits per heavy atom. The highest BCUT2D eigenvalue weighted by atomic mass is 16.3. The summed E-state index contributed by atoms with van der Waals surface area (Å²) in [6.07, 6.45) is -2.18. The smallest absolute Gasteiger partial charge is 0.224 e. The van der Waals surface area contributed by atoms with Crippen LogP contribution in [0.3, 0.4) is 0 Å². The Labute approximate surface area is 71.8 Å². The average Bonchev–Trinajstić information content (AvgIpc) is 2.02. The van der Waals surface area contributed by atoms with Gasteiger partial charge in [-0.2, -0.15) is 0 Å². The molecule has 0 aromatic rings. The first-order valence-corrected chi connectivity index (χ1v) is 3.75. The van der Waals surface area contributed by atoms with E-state index in [0.29, 0.717) is 0 Å². The van der Waals surface area contributed by atoms with Gasteiger partial charge in [0.25, 0.3) is 0 Å². The summed E-state index contributed by atoms with van der Waals surface area (Å²) in [7, 11) is 3.17. The highest BCUT2D eigenvalue weighted by molar-refractivity contribution is 5.76. The summed E-state index contributed by atoms with van der Waals surface area (Å²) in [4.78, 5) is 12.3. The number of aliphatic hydroxyl groups excluding tert-OH is 2. The fourth-order valence-corrected chi connectivity index (χ4v) is 0.655. The third-order valence-electron chi connectivity index (χ3n) is 1.57. The molecule has 72 valence electrons. The lowest BCUT2D eigenvalue weighted by atomic mass is 10.1. The van der Waals surface area contributed by atoms with Crippen LogP contribution >= 0.6 is 0 Å². The van der Waals surface area contributed by atoms with Crippen molar-refractivity contribution < 1.29 is 15.0 Å². The van der Waals surface area contributed by atoms with Gasteiger partial charge in [0.1, 0.15) is 0 Å². The van der Waals surface area contributed by atoms with Crippen LogP contribution in [0, 0.1) is 0 Å². The molecule has 5 heteroatoms. The van der Waals surface area contributed by atoms with Gasteiger partial charge < -0.3 is 20.8 Å². The second-order valence-electron chi connectivity index (χ2n) is 2.86. The van der Waals surface area contributed by atoms with Crippen molar-refractivity contribution in [1.82, 2.24) is 4.90 Å². The number of hydrogen-bond acceptors (Lipinski definition) is 4. The molecule has 0 heterocycles. The van der Waals surface area contributed by atoms with Crippen molar-refractivity contribution in [1.29, 1.82) is 0 Å². The molecule has 1 amide bonds. The summed E-state index contributed by atoms with van der Waals surface area (Å²) < 4.78 is 0. The van der Waals surface area contributed by atoms with Gasteiger partial charge in [-0.3, -0.25) is 4.79 Å². The van der Waals surface area contributed by atoms with Crippen molar-refractivity contribution in [3.63, 3.8) is 0 Å². The van der Waals surface area contributed by atoms with E-state index in [9.17, 15) is 4.79 Å². The molecule has 2 atom stereocenters. The van der Waals surface area contributed by atoms with Crippen LogP contribution < -0.4 is 5.73 Å². The normalized spacial score (nSPS) is 15.4. The largest absolute Gasteiger partial charge is 0.390 e. The first-order chi connectivity index (χ1) is 5.49. The molecular weight excluding hydrogens is 160 g/mol. The van der Waals surface area contributed by atoms with Gasteiger partial charge in [0, 0.05) is 20.6 Å². The van der Waals surface area contributed by atoms with Gasteiger partial charge >= 0.3 is 0 Å². The number of nitrogens with two attached hydrogens (primary N) is 1. The van der Waals surface area contributed by atoms with Crippen LogP contribution in [0.4, 0.5) is 0 Å². The quantitative estimate of drug-likeness (QED) is 0.469. The Morgan fingerprint density at radius 3 is 2.25 bits per heavy atom. The zero-order valence-electron chi connectivity index (χ0n) is 7.40. The molecule has 4 N–H and O–H groups in total. The molecular formula is C7H16N2O3. The summed E-state index contributed by atoms with van der Waals surface area (Å²) in [5, 5.41) is 18.2. The van der Waals surface area contributed by atoms with Crippen LogP contribution in [0.2, 0.25) is 0 Å². The lowest BCUT2D eigenvalue weighted by molar-refractivity contribution is -0.132. The van der Waals surface area contributed by atoms with Crippen LogP contribution in [0.1, 0.15) is 6.42 Å². The molecule has 0 rings (SSSR count). The maximum Gasteiger partial charge on any atom is 0.224 e. The van der Waals surface area contributed by atoms with Gasteiger partial charge in [-0.1, -0.05) is 0 Å². The van der Waals surface area contributed by atoms with E-state index in [1.54, 1.807) is 14.1 Å². The fourth-order valence-electron chi connectivity index (χ4n) is 0.655. The highest BCUT2D eigenvalue weighted by Gasteiger charge is 2.18. The minimum absolute atomic E-state index is 0.0398. The fraction of sp³-hybridized carbons (Fsp3) is 0.857. The predicted octanol–water partition coefficient (Wildman–Crippen LogP) is -1.85. The Bertz CT molecular complexity index is 150. The molecule has 5 nitrogen and oxygen atoms in total. The molecule has 0 aromatic heterocycles. The van der Waals surface area contributed by atoms with Gasteiger partial charge in [0.2, 0.25) is 5.91 Å². The third-order valence-corrected chi connectivity index (χ3v) is 1.57. The molecule has 0 spiro atoms. The van der Waals surface area contributed by atoms with Gasteiger partial charge in [-0.25, -0.2) is 0 Å². The van der Waals surface area contributed by atoms with Crippen molar-refractivity contribution in [2.24, 2.45) is 5.73 Å². The molecule has 0 aliphatic rings. The highest BCUT2D eigenvalue weighted by Crippen LogP contribution is 1.99. The van der Waals surface area contributed by atoms with Crippen LogP contribution in [-0.2, 0) is 4.79 Å². The van der Waals surface area contributed by atoms with Crippen LogP contribution in [-0.4, -0.2) is 53.9 Å². The number of amides is 1. The lowest BCUT2D eigenvalue weighted by Crippen LogP contribution is -2.37. The van der Waals surface area contributed by atoms with E-state index in [4.69, 9.17) is 15.9 Å². The molecule has 0 aromatic carbocycles. The summed E-state index contributed by atoms with van der Waals surface area (Å²) in [5.74, 6) is -0.227. The summed E-state index contributed by atoms with van der Waals surface area (Å²) in [6.45, 7) is -0.0398. The summed E-state index contributed by atoms with van der Waals surface area (Å²) >= 11 is 0. The van der Waals surface area contributed by atoms with Gasteiger partial charge in [0.15, 0.2) is 0 Å². The van der Waals surface area contributed by atoms with Crippen LogP contribution in [0.5, 0.6) is 0 Å². The summed E-state index contributed by atoms with van der Waals surface area (Å²) in [5.41, 5.74) is 5.09. The van der Waals surface area contributed by atoms with Crippen molar-refractivity contribution in [2.45, 2.75) is 18.6 Å². The summed E-state index contributed by atoms with van der Waals surface area (Å²) in [6, 6.07) is 0. The molecule has 2 unspecified atom stereocenters. The molecule has 0 saturated heterocycles. The second-order valence-corrected chi connectivity index (χ2v) is 2.86. The SMILES string of the molecule is CN(C)C(=O)CC(O)C(O)CN. The standard InChI is InChI=1S/C7H16N2O3/c1-9(2)7(12)3-5(10)6(11)4-8/h5-6,10-11H,3-4,8H2,1-2H3. The molecule has 0 fully saturated rings. The van der Waals surface area contributed by atoms with Crippen molar-refractivity contribution in [3.8, 4) is 0 Å². The van der Waals surface area contributed by atoms with E-state index in [-0.39, 0.29) is 18.9 Å². The molecule has 0 radical (unpaired) electrons. The Morgan fingerprint density at radius 2 is 1.92 bits per heavy atom.